The second-order valence-electron chi connectivity index (χ2n) is 7.93. The van der Waals surface area contributed by atoms with Crippen LogP contribution in [0.4, 0.5) is 0 Å². The van der Waals surface area contributed by atoms with Gasteiger partial charge in [-0.15, -0.1) is 0 Å². The number of rotatable bonds is 11. The first kappa shape index (κ1) is 27.8. The van der Waals surface area contributed by atoms with Crippen LogP contribution in [0.5, 0.6) is 0 Å². The summed E-state index contributed by atoms with van der Waals surface area (Å²) in [6.45, 7) is 12.4. The number of hydrogen-bond donors (Lipinski definition) is 2. The minimum absolute atomic E-state index is 0.00769. The van der Waals surface area contributed by atoms with Gasteiger partial charge in [0.05, 0.1) is 12.2 Å². The highest BCUT2D eigenvalue weighted by Crippen LogP contribution is 2.18. The molecule has 0 saturated carbocycles. The molecule has 0 heterocycles. The SMILES string of the molecule is CC(=CC(C)C(C)O)/C=C/S(=O)(=O)CS(=O)(=O)/C=C/C(C)=C/C(C)C(C)C(C)O. The Morgan fingerprint density at radius 1 is 0.724 bits per heavy atom. The Hall–Kier alpha value is -1.22. The summed E-state index contributed by atoms with van der Waals surface area (Å²) < 4.78 is 48.6. The van der Waals surface area contributed by atoms with Crippen molar-refractivity contribution in [2.75, 3.05) is 5.08 Å². The lowest BCUT2D eigenvalue weighted by atomic mass is 9.90. The van der Waals surface area contributed by atoms with Gasteiger partial charge in [-0.25, -0.2) is 16.8 Å². The molecule has 6 nitrogen and oxygen atoms in total. The van der Waals surface area contributed by atoms with E-state index in [9.17, 15) is 27.0 Å². The Kier molecular flexibility index (Phi) is 11.3. The molecule has 0 spiro atoms. The van der Waals surface area contributed by atoms with Crippen LogP contribution in [0.15, 0.2) is 46.3 Å². The van der Waals surface area contributed by atoms with Gasteiger partial charge < -0.3 is 10.2 Å². The van der Waals surface area contributed by atoms with Crippen molar-refractivity contribution in [1.82, 2.24) is 0 Å². The van der Waals surface area contributed by atoms with Crippen LogP contribution in [0.3, 0.4) is 0 Å². The van der Waals surface area contributed by atoms with E-state index in [2.05, 4.69) is 0 Å². The normalized spacial score (nSPS) is 20.0. The van der Waals surface area contributed by atoms with E-state index in [4.69, 9.17) is 0 Å². The Bertz CT molecular complexity index is 844. The van der Waals surface area contributed by atoms with Crippen molar-refractivity contribution in [3.63, 3.8) is 0 Å². The highest BCUT2D eigenvalue weighted by Gasteiger charge is 2.18. The van der Waals surface area contributed by atoms with Crippen LogP contribution in [-0.2, 0) is 19.7 Å². The molecular formula is C21H36O6S2. The second kappa shape index (κ2) is 11.8. The van der Waals surface area contributed by atoms with Gasteiger partial charge in [-0.05, 0) is 51.7 Å². The molecule has 5 unspecified atom stereocenters. The molecule has 0 fully saturated rings. The van der Waals surface area contributed by atoms with Crippen molar-refractivity contribution in [2.45, 2.75) is 60.7 Å². The van der Waals surface area contributed by atoms with Gasteiger partial charge in [0.15, 0.2) is 24.8 Å². The van der Waals surface area contributed by atoms with Gasteiger partial charge in [0.1, 0.15) is 0 Å². The van der Waals surface area contributed by atoms with Gasteiger partial charge in [0, 0.05) is 16.7 Å². The zero-order valence-corrected chi connectivity index (χ0v) is 20.0. The Balaban J connectivity index is 5.21. The van der Waals surface area contributed by atoms with Crippen molar-refractivity contribution >= 4 is 19.7 Å². The van der Waals surface area contributed by atoms with Gasteiger partial charge in [0.2, 0.25) is 0 Å². The van der Waals surface area contributed by atoms with Crippen molar-refractivity contribution in [1.29, 1.82) is 0 Å². The fraction of sp³-hybridized carbons (Fsp3) is 0.619. The molecular weight excluding hydrogens is 412 g/mol. The van der Waals surface area contributed by atoms with Crippen LogP contribution >= 0.6 is 0 Å². The average molecular weight is 449 g/mol. The summed E-state index contributed by atoms with van der Waals surface area (Å²) in [5.41, 5.74) is 1.29. The molecule has 0 bridgehead atoms. The third-order valence-corrected chi connectivity index (χ3v) is 8.54. The molecule has 0 aliphatic heterocycles. The maximum atomic E-state index is 12.2. The predicted molar refractivity (Wildman–Crippen MR) is 119 cm³/mol. The lowest BCUT2D eigenvalue weighted by Gasteiger charge is -2.19. The third kappa shape index (κ3) is 12.2. The topological polar surface area (TPSA) is 109 Å². The van der Waals surface area contributed by atoms with Gasteiger partial charge in [0.25, 0.3) is 0 Å². The molecule has 2 N–H and O–H groups in total. The molecule has 0 amide bonds. The fourth-order valence-electron chi connectivity index (χ4n) is 2.40. The fourth-order valence-corrected chi connectivity index (χ4v) is 5.70. The minimum atomic E-state index is -3.96. The maximum absolute atomic E-state index is 12.2. The van der Waals surface area contributed by atoms with Crippen molar-refractivity contribution in [2.24, 2.45) is 17.8 Å². The number of sulfone groups is 2. The molecule has 0 aromatic heterocycles. The molecule has 0 radical (unpaired) electrons. The van der Waals surface area contributed by atoms with Crippen LogP contribution in [0.2, 0.25) is 0 Å². The first-order chi connectivity index (χ1) is 13.1. The highest BCUT2D eigenvalue weighted by molar-refractivity contribution is 8.10. The van der Waals surface area contributed by atoms with Crippen molar-refractivity contribution < 1.29 is 27.0 Å². The smallest absolute Gasteiger partial charge is 0.186 e. The van der Waals surface area contributed by atoms with Crippen LogP contribution in [0.1, 0.15) is 48.5 Å². The summed E-state index contributed by atoms with van der Waals surface area (Å²) in [6, 6.07) is 0. The zero-order chi connectivity index (χ0) is 23.0. The van der Waals surface area contributed by atoms with Crippen LogP contribution in [-0.4, -0.2) is 44.3 Å². The summed E-state index contributed by atoms with van der Waals surface area (Å²) >= 11 is 0. The summed E-state index contributed by atoms with van der Waals surface area (Å²) in [5.74, 6) is -0.108. The monoisotopic (exact) mass is 448 g/mol. The molecule has 0 aliphatic carbocycles. The standard InChI is InChI=1S/C21H36O6S2/c1-15(12-17(3)19(5)21(7)23)8-10-28(24,25)14-29(26,27)11-9-16(2)13-18(4)20(6)22/h8-13,17-23H,14H2,1-7H3/b10-8+,11-9+,15-12+,16-13?. The van der Waals surface area contributed by atoms with Gasteiger partial charge in [-0.1, -0.05) is 44.1 Å². The molecule has 8 heteroatoms. The van der Waals surface area contributed by atoms with E-state index in [1.54, 1.807) is 40.7 Å². The van der Waals surface area contributed by atoms with Crippen LogP contribution < -0.4 is 0 Å². The van der Waals surface area contributed by atoms with E-state index in [0.29, 0.717) is 11.1 Å². The van der Waals surface area contributed by atoms with Gasteiger partial charge >= 0.3 is 0 Å². The van der Waals surface area contributed by atoms with E-state index in [1.807, 2.05) is 19.9 Å². The Morgan fingerprint density at radius 3 is 1.45 bits per heavy atom. The van der Waals surface area contributed by atoms with E-state index in [-0.39, 0.29) is 17.8 Å². The van der Waals surface area contributed by atoms with E-state index >= 15 is 0 Å². The van der Waals surface area contributed by atoms with Gasteiger partial charge in [-0.3, -0.25) is 0 Å². The second-order valence-corrected chi connectivity index (χ2v) is 12.1. The number of allylic oxidation sites excluding steroid dienone is 5. The quantitative estimate of drug-likeness (QED) is 0.469. The van der Waals surface area contributed by atoms with Crippen LogP contribution in [0, 0.1) is 17.8 Å². The lowest BCUT2D eigenvalue weighted by molar-refractivity contribution is 0.116. The average Bonchev–Trinajstić information content (AvgIpc) is 2.56. The Morgan fingerprint density at radius 2 is 1.10 bits per heavy atom. The van der Waals surface area contributed by atoms with Gasteiger partial charge in [-0.2, -0.15) is 0 Å². The zero-order valence-electron chi connectivity index (χ0n) is 18.4. The molecule has 0 rings (SSSR count). The van der Waals surface area contributed by atoms with E-state index in [1.165, 1.54) is 12.2 Å². The molecule has 0 aromatic rings. The lowest BCUT2D eigenvalue weighted by Crippen LogP contribution is -2.19. The van der Waals surface area contributed by atoms with E-state index in [0.717, 1.165) is 10.8 Å². The number of aliphatic hydroxyl groups excluding tert-OH is 2. The molecule has 0 aromatic carbocycles. The third-order valence-electron chi connectivity index (χ3n) is 4.81. The maximum Gasteiger partial charge on any atom is 0.186 e. The minimum Gasteiger partial charge on any atom is -0.393 e. The van der Waals surface area contributed by atoms with Crippen molar-refractivity contribution in [3.8, 4) is 0 Å². The Labute approximate surface area is 176 Å². The summed E-state index contributed by atoms with van der Waals surface area (Å²) in [4.78, 5) is 0. The summed E-state index contributed by atoms with van der Waals surface area (Å²) in [7, 11) is -7.92. The van der Waals surface area contributed by atoms with E-state index < -0.39 is 37.0 Å². The predicted octanol–water partition coefficient (Wildman–Crippen LogP) is 3.36. The molecule has 29 heavy (non-hydrogen) atoms. The number of hydrogen-bond acceptors (Lipinski definition) is 6. The summed E-state index contributed by atoms with van der Waals surface area (Å²) in [5, 5.41) is 19.9. The van der Waals surface area contributed by atoms with Crippen LogP contribution in [0.25, 0.3) is 0 Å². The van der Waals surface area contributed by atoms with Crippen molar-refractivity contribution in [3.05, 3.63) is 46.3 Å². The molecule has 5 atom stereocenters. The highest BCUT2D eigenvalue weighted by atomic mass is 32.3. The molecule has 0 saturated heterocycles. The first-order valence-corrected chi connectivity index (χ1v) is 13.0. The first-order valence-electron chi connectivity index (χ1n) is 9.61. The largest absolute Gasteiger partial charge is 0.393 e. The number of aliphatic hydroxyl groups is 2. The molecule has 168 valence electrons. The summed E-state index contributed by atoms with van der Waals surface area (Å²) in [6.07, 6.45) is 5.21. The molecule has 0 aliphatic rings.